The Morgan fingerprint density at radius 3 is 2.48 bits per heavy atom. The van der Waals surface area contributed by atoms with Crippen LogP contribution in [-0.4, -0.2) is 42.5 Å². The second-order valence-electron chi connectivity index (χ2n) is 4.97. The fourth-order valence-corrected chi connectivity index (χ4v) is 1.96. The third-order valence-corrected chi connectivity index (χ3v) is 2.87. The SMILES string of the molecule is CCOc1ccccc1C(=O)N(CC)CC(=O)NC(C)C. The summed E-state index contributed by atoms with van der Waals surface area (Å²) in [4.78, 5) is 25.9. The molecular formula is C16H24N2O3. The quantitative estimate of drug-likeness (QED) is 0.837. The number of amides is 2. The summed E-state index contributed by atoms with van der Waals surface area (Å²) in [7, 11) is 0. The van der Waals surface area contributed by atoms with E-state index >= 15 is 0 Å². The molecule has 0 unspecified atom stereocenters. The van der Waals surface area contributed by atoms with E-state index in [1.165, 1.54) is 4.90 Å². The number of para-hydroxylation sites is 1. The molecule has 0 saturated carbocycles. The van der Waals surface area contributed by atoms with E-state index in [2.05, 4.69) is 5.32 Å². The van der Waals surface area contributed by atoms with Crippen molar-refractivity contribution in [3.8, 4) is 5.75 Å². The number of nitrogens with one attached hydrogen (secondary N) is 1. The molecule has 1 aromatic carbocycles. The lowest BCUT2D eigenvalue weighted by Gasteiger charge is -2.22. The monoisotopic (exact) mass is 292 g/mol. The highest BCUT2D eigenvalue weighted by atomic mass is 16.5. The van der Waals surface area contributed by atoms with Crippen molar-refractivity contribution in [3.05, 3.63) is 29.8 Å². The van der Waals surface area contributed by atoms with E-state index in [0.29, 0.717) is 24.5 Å². The first-order valence-electron chi connectivity index (χ1n) is 7.30. The van der Waals surface area contributed by atoms with Crippen LogP contribution in [0.2, 0.25) is 0 Å². The number of rotatable bonds is 7. The molecule has 1 rings (SSSR count). The molecule has 0 bridgehead atoms. The van der Waals surface area contributed by atoms with Crippen LogP contribution in [0.3, 0.4) is 0 Å². The van der Waals surface area contributed by atoms with E-state index in [1.807, 2.05) is 33.8 Å². The van der Waals surface area contributed by atoms with E-state index in [0.717, 1.165) is 0 Å². The van der Waals surface area contributed by atoms with Gasteiger partial charge in [-0.15, -0.1) is 0 Å². The molecule has 0 radical (unpaired) electrons. The van der Waals surface area contributed by atoms with Gasteiger partial charge in [0, 0.05) is 12.6 Å². The van der Waals surface area contributed by atoms with Gasteiger partial charge in [-0.25, -0.2) is 0 Å². The van der Waals surface area contributed by atoms with Crippen LogP contribution in [0.15, 0.2) is 24.3 Å². The molecule has 5 nitrogen and oxygen atoms in total. The standard InChI is InChI=1S/C16H24N2O3/c1-5-18(11-15(19)17-12(3)4)16(20)13-9-7-8-10-14(13)21-6-2/h7-10,12H,5-6,11H2,1-4H3,(H,17,19). The van der Waals surface area contributed by atoms with E-state index in [-0.39, 0.29) is 24.4 Å². The van der Waals surface area contributed by atoms with Crippen molar-refractivity contribution in [1.82, 2.24) is 10.2 Å². The smallest absolute Gasteiger partial charge is 0.258 e. The van der Waals surface area contributed by atoms with Crippen LogP contribution in [0.1, 0.15) is 38.1 Å². The van der Waals surface area contributed by atoms with Crippen LogP contribution < -0.4 is 10.1 Å². The molecule has 21 heavy (non-hydrogen) atoms. The van der Waals surface area contributed by atoms with Crippen LogP contribution in [0.4, 0.5) is 0 Å². The summed E-state index contributed by atoms with van der Waals surface area (Å²) < 4.78 is 5.47. The zero-order valence-electron chi connectivity index (χ0n) is 13.2. The van der Waals surface area contributed by atoms with E-state index in [4.69, 9.17) is 4.74 Å². The molecule has 0 fully saturated rings. The molecule has 5 heteroatoms. The molecule has 0 saturated heterocycles. The van der Waals surface area contributed by atoms with Crippen LogP contribution in [0, 0.1) is 0 Å². The Hall–Kier alpha value is -2.04. The number of hydrogen-bond acceptors (Lipinski definition) is 3. The average molecular weight is 292 g/mol. The Bertz CT molecular complexity index is 486. The first-order valence-corrected chi connectivity index (χ1v) is 7.30. The molecule has 0 aliphatic carbocycles. The normalized spacial score (nSPS) is 10.3. The van der Waals surface area contributed by atoms with Crippen LogP contribution in [0.5, 0.6) is 5.75 Å². The van der Waals surface area contributed by atoms with Gasteiger partial charge in [0.15, 0.2) is 0 Å². The number of hydrogen-bond donors (Lipinski definition) is 1. The zero-order chi connectivity index (χ0) is 15.8. The van der Waals surface area contributed by atoms with Gasteiger partial charge in [-0.05, 0) is 39.8 Å². The molecule has 116 valence electrons. The molecule has 0 spiro atoms. The molecule has 0 aliphatic rings. The number of carbonyl (C=O) groups is 2. The minimum atomic E-state index is -0.194. The van der Waals surface area contributed by atoms with Gasteiger partial charge in [-0.1, -0.05) is 12.1 Å². The highest BCUT2D eigenvalue weighted by Crippen LogP contribution is 2.19. The fourth-order valence-electron chi connectivity index (χ4n) is 1.96. The van der Waals surface area contributed by atoms with Gasteiger partial charge in [0.1, 0.15) is 5.75 Å². The highest BCUT2D eigenvalue weighted by Gasteiger charge is 2.20. The molecule has 0 aliphatic heterocycles. The first kappa shape index (κ1) is 17.0. The number of benzene rings is 1. The van der Waals surface area contributed by atoms with E-state index in [1.54, 1.807) is 18.2 Å². The number of ether oxygens (including phenoxy) is 1. The van der Waals surface area contributed by atoms with Gasteiger partial charge < -0.3 is 15.0 Å². The van der Waals surface area contributed by atoms with Gasteiger partial charge in [0.05, 0.1) is 18.7 Å². The van der Waals surface area contributed by atoms with Crippen LogP contribution in [-0.2, 0) is 4.79 Å². The highest BCUT2D eigenvalue weighted by molar-refractivity contribution is 5.98. The van der Waals surface area contributed by atoms with Gasteiger partial charge >= 0.3 is 0 Å². The summed E-state index contributed by atoms with van der Waals surface area (Å²) in [6.07, 6.45) is 0. The van der Waals surface area contributed by atoms with Crippen molar-refractivity contribution < 1.29 is 14.3 Å². The third kappa shape index (κ3) is 5.10. The van der Waals surface area contributed by atoms with Crippen molar-refractivity contribution in [3.63, 3.8) is 0 Å². The Balaban J connectivity index is 2.86. The summed E-state index contributed by atoms with van der Waals surface area (Å²) in [5, 5.41) is 2.79. The first-order chi connectivity index (χ1) is 9.99. The third-order valence-electron chi connectivity index (χ3n) is 2.87. The number of carbonyl (C=O) groups excluding carboxylic acids is 2. The Morgan fingerprint density at radius 2 is 1.90 bits per heavy atom. The maximum absolute atomic E-state index is 12.6. The Labute approximate surface area is 126 Å². The molecule has 0 atom stereocenters. The summed E-state index contributed by atoms with van der Waals surface area (Å²) in [5.74, 6) is 0.197. The second-order valence-corrected chi connectivity index (χ2v) is 4.97. The van der Waals surface area contributed by atoms with Crippen molar-refractivity contribution in [2.45, 2.75) is 33.7 Å². The largest absolute Gasteiger partial charge is 0.493 e. The van der Waals surface area contributed by atoms with Gasteiger partial charge in [0.25, 0.3) is 5.91 Å². The second kappa shape index (κ2) is 8.29. The van der Waals surface area contributed by atoms with Crippen molar-refractivity contribution in [2.75, 3.05) is 19.7 Å². The minimum Gasteiger partial charge on any atom is -0.493 e. The van der Waals surface area contributed by atoms with Gasteiger partial charge in [0.2, 0.25) is 5.91 Å². The van der Waals surface area contributed by atoms with Crippen molar-refractivity contribution in [2.24, 2.45) is 0 Å². The van der Waals surface area contributed by atoms with E-state index < -0.39 is 0 Å². The maximum atomic E-state index is 12.6. The Morgan fingerprint density at radius 1 is 1.24 bits per heavy atom. The maximum Gasteiger partial charge on any atom is 0.258 e. The summed E-state index contributed by atoms with van der Waals surface area (Å²) in [6.45, 7) is 8.50. The molecule has 2 amide bonds. The summed E-state index contributed by atoms with van der Waals surface area (Å²) >= 11 is 0. The van der Waals surface area contributed by atoms with E-state index in [9.17, 15) is 9.59 Å². The molecular weight excluding hydrogens is 268 g/mol. The summed E-state index contributed by atoms with van der Waals surface area (Å²) in [5.41, 5.74) is 0.485. The predicted octanol–water partition coefficient (Wildman–Crippen LogP) is 2.07. The van der Waals surface area contributed by atoms with Gasteiger partial charge in [-0.3, -0.25) is 9.59 Å². The van der Waals surface area contributed by atoms with Crippen LogP contribution in [0.25, 0.3) is 0 Å². The summed E-state index contributed by atoms with van der Waals surface area (Å²) in [6, 6.07) is 7.15. The van der Waals surface area contributed by atoms with Crippen molar-refractivity contribution >= 4 is 11.8 Å². The minimum absolute atomic E-state index is 0.0496. The predicted molar refractivity (Wildman–Crippen MR) is 82.5 cm³/mol. The molecule has 0 heterocycles. The topological polar surface area (TPSA) is 58.6 Å². The number of likely N-dealkylation sites (N-methyl/N-ethyl adjacent to an activating group) is 1. The lowest BCUT2D eigenvalue weighted by atomic mass is 10.1. The van der Waals surface area contributed by atoms with Crippen LogP contribution >= 0.6 is 0 Å². The molecule has 0 aromatic heterocycles. The molecule has 1 aromatic rings. The average Bonchev–Trinajstić information content (AvgIpc) is 2.44. The zero-order valence-corrected chi connectivity index (χ0v) is 13.2. The fraction of sp³-hybridized carbons (Fsp3) is 0.500. The lowest BCUT2D eigenvalue weighted by Crippen LogP contribution is -2.42. The van der Waals surface area contributed by atoms with Gasteiger partial charge in [-0.2, -0.15) is 0 Å². The molecule has 1 N–H and O–H groups in total. The lowest BCUT2D eigenvalue weighted by molar-refractivity contribution is -0.122. The Kier molecular flexibility index (Phi) is 6.72. The number of nitrogens with zero attached hydrogens (tertiary/aromatic N) is 1. The van der Waals surface area contributed by atoms with Crippen molar-refractivity contribution in [1.29, 1.82) is 0 Å².